The third-order valence-electron chi connectivity index (χ3n) is 1.31. The van der Waals surface area contributed by atoms with E-state index >= 15 is 0 Å². The molecule has 0 aliphatic rings. The standard InChI is InChI=1S/C8H9ClN2O2.ClH/c9-6-2-1-3-7(4-6)13-5-8(10)11-12;/h1-4,12H,5H2,(H2,10,11);1H. The van der Waals surface area contributed by atoms with E-state index in [4.69, 9.17) is 27.3 Å². The fraction of sp³-hybridized carbons (Fsp3) is 0.125. The van der Waals surface area contributed by atoms with Gasteiger partial charge < -0.3 is 15.7 Å². The van der Waals surface area contributed by atoms with E-state index in [1.165, 1.54) is 0 Å². The van der Waals surface area contributed by atoms with E-state index in [0.29, 0.717) is 10.8 Å². The lowest BCUT2D eigenvalue weighted by Gasteiger charge is -2.04. The quantitative estimate of drug-likeness (QED) is 0.365. The van der Waals surface area contributed by atoms with E-state index < -0.39 is 0 Å². The average Bonchev–Trinajstić information content (AvgIpc) is 2.14. The van der Waals surface area contributed by atoms with Crippen LogP contribution in [-0.2, 0) is 0 Å². The van der Waals surface area contributed by atoms with Crippen molar-refractivity contribution < 1.29 is 9.94 Å². The summed E-state index contributed by atoms with van der Waals surface area (Å²) in [5.74, 6) is 0.596. The lowest BCUT2D eigenvalue weighted by Crippen LogP contribution is -2.20. The maximum Gasteiger partial charge on any atom is 0.177 e. The number of benzene rings is 1. The lowest BCUT2D eigenvalue weighted by molar-refractivity contribution is 0.306. The molecule has 3 N–H and O–H groups in total. The van der Waals surface area contributed by atoms with Crippen molar-refractivity contribution >= 4 is 29.8 Å². The molecular weight excluding hydrogens is 227 g/mol. The summed E-state index contributed by atoms with van der Waals surface area (Å²) in [6, 6.07) is 6.87. The third-order valence-corrected chi connectivity index (χ3v) is 1.55. The van der Waals surface area contributed by atoms with E-state index in [1.807, 2.05) is 0 Å². The molecule has 0 amide bonds. The zero-order valence-corrected chi connectivity index (χ0v) is 8.76. The molecule has 0 unspecified atom stereocenters. The minimum Gasteiger partial charge on any atom is -0.486 e. The van der Waals surface area contributed by atoms with Gasteiger partial charge in [-0.2, -0.15) is 0 Å². The van der Waals surface area contributed by atoms with Crippen molar-refractivity contribution in [2.24, 2.45) is 10.9 Å². The molecule has 0 heterocycles. The average molecular weight is 237 g/mol. The van der Waals surface area contributed by atoms with Crippen molar-refractivity contribution in [3.8, 4) is 5.75 Å². The topological polar surface area (TPSA) is 67.8 Å². The smallest absolute Gasteiger partial charge is 0.177 e. The van der Waals surface area contributed by atoms with Gasteiger partial charge >= 0.3 is 0 Å². The van der Waals surface area contributed by atoms with E-state index in [2.05, 4.69) is 5.16 Å². The monoisotopic (exact) mass is 236 g/mol. The van der Waals surface area contributed by atoms with Gasteiger partial charge in [-0.1, -0.05) is 22.8 Å². The SMILES string of the molecule is Cl.N/C(COc1cccc(Cl)c1)=N\O. The van der Waals surface area contributed by atoms with Gasteiger partial charge in [0.1, 0.15) is 12.4 Å². The minimum atomic E-state index is 0. The molecule has 0 radical (unpaired) electrons. The van der Waals surface area contributed by atoms with Crippen molar-refractivity contribution in [2.45, 2.75) is 0 Å². The largest absolute Gasteiger partial charge is 0.486 e. The Morgan fingerprint density at radius 1 is 1.57 bits per heavy atom. The first-order chi connectivity index (χ1) is 6.22. The molecule has 0 saturated carbocycles. The van der Waals surface area contributed by atoms with Crippen LogP contribution in [0.5, 0.6) is 5.75 Å². The van der Waals surface area contributed by atoms with Crippen molar-refractivity contribution in [1.82, 2.24) is 0 Å². The molecule has 0 aliphatic carbocycles. The Balaban J connectivity index is 0.00000169. The molecule has 6 heteroatoms. The summed E-state index contributed by atoms with van der Waals surface area (Å²) in [7, 11) is 0. The molecule has 78 valence electrons. The molecule has 4 nitrogen and oxygen atoms in total. The predicted molar refractivity (Wildman–Crippen MR) is 57.6 cm³/mol. The lowest BCUT2D eigenvalue weighted by atomic mass is 10.3. The number of nitrogens with two attached hydrogens (primary N) is 1. The zero-order chi connectivity index (χ0) is 9.68. The molecule has 0 saturated heterocycles. The Kier molecular flexibility index (Phi) is 5.83. The Labute approximate surface area is 92.7 Å². The van der Waals surface area contributed by atoms with Gasteiger partial charge in [0.05, 0.1) is 0 Å². The number of hydrogen-bond donors (Lipinski definition) is 2. The highest BCUT2D eigenvalue weighted by Gasteiger charge is 1.96. The van der Waals surface area contributed by atoms with Crippen molar-refractivity contribution in [1.29, 1.82) is 0 Å². The molecular formula is C8H10Cl2N2O2. The maximum absolute atomic E-state index is 8.22. The van der Waals surface area contributed by atoms with Crippen LogP contribution in [-0.4, -0.2) is 17.6 Å². The highest BCUT2D eigenvalue weighted by molar-refractivity contribution is 6.30. The van der Waals surface area contributed by atoms with E-state index in [1.54, 1.807) is 24.3 Å². The van der Waals surface area contributed by atoms with E-state index in [0.717, 1.165) is 0 Å². The molecule has 0 atom stereocenters. The van der Waals surface area contributed by atoms with Crippen molar-refractivity contribution in [3.05, 3.63) is 29.3 Å². The van der Waals surface area contributed by atoms with Gasteiger partial charge in [0.2, 0.25) is 0 Å². The number of amidine groups is 1. The van der Waals surface area contributed by atoms with E-state index in [9.17, 15) is 0 Å². The van der Waals surface area contributed by atoms with Crippen LogP contribution in [0, 0.1) is 0 Å². The van der Waals surface area contributed by atoms with Gasteiger partial charge in [-0.25, -0.2) is 0 Å². The van der Waals surface area contributed by atoms with Crippen LogP contribution in [0.15, 0.2) is 29.4 Å². The van der Waals surface area contributed by atoms with Gasteiger partial charge in [0.25, 0.3) is 0 Å². The first kappa shape index (κ1) is 12.9. The second-order valence-electron chi connectivity index (χ2n) is 2.34. The van der Waals surface area contributed by atoms with Gasteiger partial charge in [0.15, 0.2) is 5.84 Å². The summed E-state index contributed by atoms with van der Waals surface area (Å²) in [4.78, 5) is 0. The number of oxime groups is 1. The summed E-state index contributed by atoms with van der Waals surface area (Å²) in [6.45, 7) is 0.0385. The van der Waals surface area contributed by atoms with E-state index in [-0.39, 0.29) is 24.8 Å². The van der Waals surface area contributed by atoms with Crippen LogP contribution in [0.25, 0.3) is 0 Å². The molecule has 0 fully saturated rings. The second-order valence-corrected chi connectivity index (χ2v) is 2.77. The predicted octanol–water partition coefficient (Wildman–Crippen LogP) is 1.89. The number of halogens is 2. The number of hydrogen-bond acceptors (Lipinski definition) is 3. The summed E-state index contributed by atoms with van der Waals surface area (Å²) >= 11 is 5.70. The van der Waals surface area contributed by atoms with Crippen LogP contribution in [0.3, 0.4) is 0 Å². The fourth-order valence-corrected chi connectivity index (χ4v) is 0.923. The molecule has 1 rings (SSSR count). The second kappa shape index (κ2) is 6.34. The maximum atomic E-state index is 8.22. The summed E-state index contributed by atoms with van der Waals surface area (Å²) in [6.07, 6.45) is 0. The van der Waals surface area contributed by atoms with Crippen LogP contribution in [0.1, 0.15) is 0 Å². The number of nitrogens with zero attached hydrogens (tertiary/aromatic N) is 1. The Morgan fingerprint density at radius 3 is 2.86 bits per heavy atom. The van der Waals surface area contributed by atoms with Crippen molar-refractivity contribution in [2.75, 3.05) is 6.61 Å². The van der Waals surface area contributed by atoms with Gasteiger partial charge in [-0.05, 0) is 18.2 Å². The molecule has 0 aliphatic heterocycles. The summed E-state index contributed by atoms with van der Waals surface area (Å²) < 4.78 is 5.14. The first-order valence-electron chi connectivity index (χ1n) is 3.57. The van der Waals surface area contributed by atoms with Crippen LogP contribution in [0.2, 0.25) is 5.02 Å². The zero-order valence-electron chi connectivity index (χ0n) is 7.18. The first-order valence-corrected chi connectivity index (χ1v) is 3.95. The molecule has 0 bridgehead atoms. The van der Waals surface area contributed by atoms with Crippen LogP contribution in [0.4, 0.5) is 0 Å². The molecule has 0 aromatic heterocycles. The molecule has 0 spiro atoms. The normalized spacial score (nSPS) is 10.5. The highest BCUT2D eigenvalue weighted by Crippen LogP contribution is 2.16. The Hall–Kier alpha value is -1.13. The van der Waals surface area contributed by atoms with Gasteiger partial charge in [0, 0.05) is 5.02 Å². The van der Waals surface area contributed by atoms with Gasteiger partial charge in [-0.3, -0.25) is 0 Å². The Morgan fingerprint density at radius 2 is 2.29 bits per heavy atom. The number of ether oxygens (including phenoxy) is 1. The number of rotatable bonds is 3. The van der Waals surface area contributed by atoms with Crippen LogP contribution >= 0.6 is 24.0 Å². The summed E-state index contributed by atoms with van der Waals surface area (Å²) in [5, 5.41) is 11.6. The minimum absolute atomic E-state index is 0. The molecule has 1 aromatic rings. The molecule has 14 heavy (non-hydrogen) atoms. The van der Waals surface area contributed by atoms with Crippen molar-refractivity contribution in [3.63, 3.8) is 0 Å². The fourth-order valence-electron chi connectivity index (χ4n) is 0.743. The van der Waals surface area contributed by atoms with Crippen LogP contribution < -0.4 is 10.5 Å². The summed E-state index contributed by atoms with van der Waals surface area (Å²) in [5.41, 5.74) is 5.20. The third kappa shape index (κ3) is 4.20. The Bertz CT molecular complexity index is 318. The highest BCUT2D eigenvalue weighted by atomic mass is 35.5. The molecule has 1 aromatic carbocycles. The van der Waals surface area contributed by atoms with Gasteiger partial charge in [-0.15, -0.1) is 12.4 Å².